The van der Waals surface area contributed by atoms with Crippen LogP contribution in [0.4, 0.5) is 35.1 Å². The highest BCUT2D eigenvalue weighted by molar-refractivity contribution is 6.31. The quantitative estimate of drug-likeness (QED) is 0.0359. The van der Waals surface area contributed by atoms with Crippen molar-refractivity contribution in [2.45, 2.75) is 209 Å². The second-order valence-electron chi connectivity index (χ2n) is 35.2. The Morgan fingerprint density at radius 3 is 0.929 bits per heavy atom. The van der Waals surface area contributed by atoms with Crippen LogP contribution in [-0.2, 0) is 101 Å². The number of hydrogen-bond donors (Lipinski definition) is 0. The van der Waals surface area contributed by atoms with Gasteiger partial charge in [0.2, 0.25) is 0 Å². The smallest absolute Gasteiger partial charge is 0.416 e. The van der Waals surface area contributed by atoms with E-state index < -0.39 is 51.6 Å². The fraction of sp³-hybridized carbons (Fsp3) is 0.286. The highest BCUT2D eigenvalue weighted by atomic mass is 35.5. The van der Waals surface area contributed by atoms with Crippen LogP contribution in [-0.4, -0.2) is 35.5 Å². The van der Waals surface area contributed by atoms with Crippen molar-refractivity contribution in [3.05, 3.63) is 371 Å². The molecule has 0 aliphatic rings. The lowest BCUT2D eigenvalue weighted by molar-refractivity contribution is -0.138. The van der Waals surface area contributed by atoms with Gasteiger partial charge in [-0.05, 0) is 291 Å². The summed E-state index contributed by atoms with van der Waals surface area (Å²) in [6.07, 6.45) is -8.33. The number of carbonyl (C=O) groups is 5. The number of alkyl halides is 6. The van der Waals surface area contributed by atoms with Crippen LogP contribution in [0.1, 0.15) is 179 Å². The number of benzene rings is 10. The molecule has 736 valence electrons. The molecular formula is C112H105ClF8O20. The van der Waals surface area contributed by atoms with Gasteiger partial charge in [-0.25, -0.2) is 32.8 Å². The molecule has 0 spiro atoms. The van der Waals surface area contributed by atoms with Crippen LogP contribution < -0.4 is 51.8 Å². The first-order valence-electron chi connectivity index (χ1n) is 44.9. The van der Waals surface area contributed by atoms with Gasteiger partial charge in [0, 0.05) is 137 Å². The summed E-state index contributed by atoms with van der Waals surface area (Å²) in [5.74, 6) is 1.44. The maximum Gasteiger partial charge on any atom is 0.416 e. The summed E-state index contributed by atoms with van der Waals surface area (Å²) in [7, 11) is 0. The van der Waals surface area contributed by atoms with Crippen molar-refractivity contribution in [2.75, 3.05) is 6.61 Å². The highest BCUT2D eigenvalue weighted by Gasteiger charge is 2.33. The van der Waals surface area contributed by atoms with E-state index in [1.165, 1.54) is 58.9 Å². The van der Waals surface area contributed by atoms with Crippen molar-refractivity contribution < 1.29 is 105 Å². The molecule has 0 saturated carbocycles. The number of carbonyl (C=O) groups excluding carboxylic acids is 5. The second kappa shape index (κ2) is 45.5. The molecule has 10 aromatic carbocycles. The molecule has 0 radical (unpaired) electrons. The van der Waals surface area contributed by atoms with Crippen LogP contribution >= 0.6 is 11.6 Å². The van der Waals surface area contributed by atoms with Gasteiger partial charge in [0.05, 0.1) is 17.7 Å². The van der Waals surface area contributed by atoms with Crippen molar-refractivity contribution in [1.29, 1.82) is 0 Å². The van der Waals surface area contributed by atoms with E-state index in [2.05, 4.69) is 0 Å². The summed E-state index contributed by atoms with van der Waals surface area (Å²) in [5.41, 5.74) is 13.1. The van der Waals surface area contributed by atoms with Crippen LogP contribution in [0.5, 0.6) is 28.7 Å². The Labute approximate surface area is 811 Å². The van der Waals surface area contributed by atoms with Gasteiger partial charge >= 0.3 is 40.5 Å². The predicted molar refractivity (Wildman–Crippen MR) is 524 cm³/mol. The molecular weight excluding hydrogens is 1850 g/mol. The van der Waals surface area contributed by atoms with Crippen LogP contribution in [0.15, 0.2) is 204 Å². The third-order valence-corrected chi connectivity index (χ3v) is 24.2. The Hall–Kier alpha value is -14.7. The third kappa shape index (κ3) is 26.5. The van der Waals surface area contributed by atoms with E-state index >= 15 is 0 Å². The summed E-state index contributed by atoms with van der Waals surface area (Å²) < 4.78 is 161. The molecule has 5 aromatic heterocycles. The first kappa shape index (κ1) is 107. The first-order chi connectivity index (χ1) is 66.3. The number of ketones is 5. The Morgan fingerprint density at radius 1 is 0.298 bits per heavy atom. The van der Waals surface area contributed by atoms with Crippen LogP contribution in [0, 0.1) is 109 Å². The van der Waals surface area contributed by atoms with Gasteiger partial charge in [0.15, 0.2) is 0 Å². The second-order valence-corrected chi connectivity index (χ2v) is 35.6. The third-order valence-electron chi connectivity index (χ3n) is 23.8. The zero-order valence-electron chi connectivity index (χ0n) is 81.4. The average molecular weight is 1960 g/mol. The zero-order chi connectivity index (χ0) is 103. The van der Waals surface area contributed by atoms with Crippen molar-refractivity contribution in [3.63, 3.8) is 0 Å². The number of hydrogen-bond acceptors (Lipinski definition) is 20. The minimum atomic E-state index is -4.43. The average Bonchev–Trinajstić information content (AvgIpc) is 0.785. The fourth-order valence-corrected chi connectivity index (χ4v) is 16.5. The molecule has 0 fully saturated rings. The Morgan fingerprint density at radius 2 is 0.596 bits per heavy atom. The van der Waals surface area contributed by atoms with Gasteiger partial charge in [-0.15, -0.1) is 0 Å². The normalized spacial score (nSPS) is 11.3. The molecule has 0 aliphatic heterocycles. The Bertz CT molecular complexity index is 7540. The summed E-state index contributed by atoms with van der Waals surface area (Å²) in [6.45, 7) is 33.0. The number of Topliss-reactive ketones (excluding diaryl/α,β-unsaturated/α-hetero) is 5. The van der Waals surface area contributed by atoms with E-state index in [0.29, 0.717) is 169 Å². The maximum atomic E-state index is 13.9. The topological polar surface area (TPSA) is 283 Å². The Balaban J connectivity index is 0.000000169. The van der Waals surface area contributed by atoms with E-state index in [-0.39, 0.29) is 99.1 Å². The lowest BCUT2D eigenvalue weighted by Crippen LogP contribution is -2.14. The molecule has 29 heteroatoms. The molecule has 0 amide bonds. The van der Waals surface area contributed by atoms with Gasteiger partial charge < -0.3 is 45.8 Å². The van der Waals surface area contributed by atoms with Gasteiger partial charge in [0.25, 0.3) is 0 Å². The summed E-state index contributed by atoms with van der Waals surface area (Å²) in [4.78, 5) is 119. The molecule has 141 heavy (non-hydrogen) atoms. The zero-order valence-corrected chi connectivity index (χ0v) is 82.1. The van der Waals surface area contributed by atoms with Crippen molar-refractivity contribution in [2.24, 2.45) is 0 Å². The van der Waals surface area contributed by atoms with E-state index in [1.807, 2.05) is 90.9 Å². The number of halogens is 9. The number of fused-ring (bicyclic) bond motifs is 5. The standard InChI is InChI=1S/2C23H21F3O4.C22H21ClO4.2C22H21FO4/c1-12-7-16(10-17(8-12)23(24,25)26)11-29-20-6-5-18-14(3)19(9-13(2)27)22(28)30-21(18)15(20)4;1-13(27)11-19-14(2)18-7-8-20(15(3)21(18)30-22(19)28)29-10-9-16-5-4-6-17(12-16)23(24,25)26;2*1-12-5-7-19(23)16(9-12)11-26-20-8-6-17-14(3)18(10-13(2)24)22(25)27-21(17)15(20)4;1-12-7-16(10-17(23)8-12)11-26-20-6-5-18-14(3)19(9-13(2)24)22(25)27-21(18)15(20)4/h5-8,10H,9,11H2,1-4H3;4-8,12H,9-11H2,1-3H3;2*5-9H,10-11H2,1-4H3;5-8,10H,9,11H2,1-4H3. The molecule has 0 bridgehead atoms. The predicted octanol–water partition coefficient (Wildman–Crippen LogP) is 24.8. The van der Waals surface area contributed by atoms with Gasteiger partial charge in [-0.3, -0.25) is 24.0 Å². The fourth-order valence-electron chi connectivity index (χ4n) is 16.4. The van der Waals surface area contributed by atoms with Crippen LogP contribution in [0.2, 0.25) is 5.02 Å². The SMILES string of the molecule is CC(=O)Cc1c(C)c2ccc(OCCc3cccc(C(F)(F)F)c3)c(C)c2oc1=O.CC(=O)Cc1c(C)c2ccc(OCc3cc(C)cc(C(F)(F)F)c3)c(C)c2oc1=O.CC(=O)Cc1c(C)c2ccc(OCc3cc(C)cc(F)c3)c(C)c2oc1=O.CC(=O)Cc1c(C)c2ccc(OCc3cc(C)ccc3Cl)c(C)c2oc1=O.CC(=O)Cc1c(C)c2ccc(OCc3cc(C)ccc3F)c(C)c2oc1=O. The Kier molecular flexibility index (Phi) is 34.5. The van der Waals surface area contributed by atoms with Gasteiger partial charge in [-0.1, -0.05) is 76.8 Å². The molecule has 0 aliphatic carbocycles. The van der Waals surface area contributed by atoms with Crippen molar-refractivity contribution >= 4 is 95.4 Å². The number of rotatable bonds is 26. The molecule has 20 nitrogen and oxygen atoms in total. The van der Waals surface area contributed by atoms with E-state index in [4.69, 9.17) is 57.4 Å². The minimum absolute atomic E-state index is 0.00367. The highest BCUT2D eigenvalue weighted by Crippen LogP contribution is 2.39. The number of aryl methyl sites for hydroxylation is 14. The van der Waals surface area contributed by atoms with Crippen LogP contribution in [0.3, 0.4) is 0 Å². The monoisotopic (exact) mass is 1960 g/mol. The number of ether oxygens (including phenoxy) is 5. The van der Waals surface area contributed by atoms with E-state index in [0.717, 1.165) is 90.5 Å². The lowest BCUT2D eigenvalue weighted by atomic mass is 10.0. The lowest BCUT2D eigenvalue weighted by Gasteiger charge is -2.14. The molecule has 0 atom stereocenters. The molecule has 0 unspecified atom stereocenters. The van der Waals surface area contributed by atoms with Gasteiger partial charge in [0.1, 0.15) is 124 Å². The summed E-state index contributed by atoms with van der Waals surface area (Å²) >= 11 is 6.23. The minimum Gasteiger partial charge on any atom is -0.493 e. The van der Waals surface area contributed by atoms with Crippen molar-refractivity contribution in [3.8, 4) is 28.7 Å². The molecule has 0 N–H and O–H groups in total. The maximum absolute atomic E-state index is 13.9. The van der Waals surface area contributed by atoms with Crippen LogP contribution in [0.25, 0.3) is 54.8 Å². The van der Waals surface area contributed by atoms with Crippen molar-refractivity contribution in [1.82, 2.24) is 0 Å². The molecule has 15 rings (SSSR count). The summed E-state index contributed by atoms with van der Waals surface area (Å²) in [6, 6.07) is 42.1. The summed E-state index contributed by atoms with van der Waals surface area (Å²) in [5, 5.41) is 4.40. The molecule has 15 aromatic rings. The largest absolute Gasteiger partial charge is 0.493 e. The molecule has 5 heterocycles. The van der Waals surface area contributed by atoms with Gasteiger partial charge in [-0.2, -0.15) is 26.3 Å². The van der Waals surface area contributed by atoms with E-state index in [9.17, 15) is 83.1 Å². The van der Waals surface area contributed by atoms with E-state index in [1.54, 1.807) is 115 Å². The first-order valence-corrected chi connectivity index (χ1v) is 45.2. The molecule has 0 saturated heterocycles.